The minimum atomic E-state index is -4.53. The summed E-state index contributed by atoms with van der Waals surface area (Å²) in [7, 11) is 0. The summed E-state index contributed by atoms with van der Waals surface area (Å²) in [5.74, 6) is -1.27. The molecule has 0 aliphatic heterocycles. The molecule has 0 saturated heterocycles. The van der Waals surface area contributed by atoms with Crippen LogP contribution in [-0.2, 0) is 6.18 Å². The van der Waals surface area contributed by atoms with E-state index in [9.17, 15) is 27.9 Å². The molecule has 1 N–H and O–H groups in total. The average molecular weight is 427 g/mol. The lowest BCUT2D eigenvalue weighted by molar-refractivity contribution is -0.137. The van der Waals surface area contributed by atoms with Crippen LogP contribution < -0.4 is 4.90 Å². The van der Waals surface area contributed by atoms with E-state index in [-0.39, 0.29) is 35.7 Å². The number of anilines is 2. The number of carbonyl (C=O) groups excluding carboxylic acids is 1. The molecule has 0 aliphatic carbocycles. The van der Waals surface area contributed by atoms with Crippen molar-refractivity contribution in [1.82, 2.24) is 0 Å². The molecule has 0 amide bonds. The second-order valence-corrected chi connectivity index (χ2v) is 6.91. The van der Waals surface area contributed by atoms with E-state index in [2.05, 4.69) is 0 Å². The predicted molar refractivity (Wildman–Crippen MR) is 112 cm³/mol. The highest BCUT2D eigenvalue weighted by atomic mass is 19.4. The number of carbonyl (C=O) groups is 2. The third-order valence-electron chi connectivity index (χ3n) is 4.79. The fourth-order valence-corrected chi connectivity index (χ4v) is 3.29. The van der Waals surface area contributed by atoms with Crippen molar-refractivity contribution in [1.29, 1.82) is 0 Å². The third kappa shape index (κ3) is 5.51. The Morgan fingerprint density at radius 3 is 2.23 bits per heavy atom. The molecule has 0 atom stereocenters. The van der Waals surface area contributed by atoms with Crippen LogP contribution >= 0.6 is 0 Å². The van der Waals surface area contributed by atoms with Crippen LogP contribution in [0.3, 0.4) is 0 Å². The molecule has 0 heterocycles. The minimum absolute atomic E-state index is 0.0331. The zero-order valence-electron chi connectivity index (χ0n) is 16.5. The van der Waals surface area contributed by atoms with E-state index in [0.29, 0.717) is 12.0 Å². The third-order valence-corrected chi connectivity index (χ3v) is 4.79. The molecule has 0 radical (unpaired) electrons. The van der Waals surface area contributed by atoms with Crippen molar-refractivity contribution < 1.29 is 27.9 Å². The molecule has 0 saturated carbocycles. The van der Waals surface area contributed by atoms with E-state index >= 15 is 0 Å². The predicted octanol–water partition coefficient (Wildman–Crippen LogP) is 6.20. The highest BCUT2D eigenvalue weighted by molar-refractivity contribution is 5.96. The number of nitrogens with zero attached hydrogens (tertiary/aromatic N) is 1. The molecule has 3 rings (SSSR count). The van der Waals surface area contributed by atoms with Gasteiger partial charge in [-0.2, -0.15) is 13.2 Å². The molecule has 0 unspecified atom stereocenters. The Morgan fingerprint density at radius 2 is 1.55 bits per heavy atom. The van der Waals surface area contributed by atoms with Gasteiger partial charge in [0.1, 0.15) is 0 Å². The first kappa shape index (κ1) is 22.1. The summed E-state index contributed by atoms with van der Waals surface area (Å²) in [5, 5.41) is 9.55. The number of carboxylic acids is 1. The van der Waals surface area contributed by atoms with Crippen LogP contribution in [0.4, 0.5) is 24.5 Å². The van der Waals surface area contributed by atoms with Crippen LogP contribution in [-0.4, -0.2) is 23.4 Å². The number of ketones is 1. The lowest BCUT2D eigenvalue weighted by atomic mass is 10.1. The number of alkyl halides is 3. The van der Waals surface area contributed by atoms with Crippen LogP contribution in [0.5, 0.6) is 0 Å². The number of para-hydroxylation sites is 1. The molecule has 3 aromatic rings. The summed E-state index contributed by atoms with van der Waals surface area (Å²) < 4.78 is 39.7. The van der Waals surface area contributed by atoms with Crippen molar-refractivity contribution in [2.24, 2.45) is 0 Å². The number of Topliss-reactive ketones (excluding diaryl/α,β-unsaturated/α-hetero) is 1. The van der Waals surface area contributed by atoms with Gasteiger partial charge < -0.3 is 10.0 Å². The van der Waals surface area contributed by atoms with Gasteiger partial charge in [-0.25, -0.2) is 4.79 Å². The molecule has 4 nitrogen and oxygen atoms in total. The summed E-state index contributed by atoms with van der Waals surface area (Å²) in [6.07, 6.45) is -4.02. The van der Waals surface area contributed by atoms with Crippen molar-refractivity contribution in [3.05, 3.63) is 95.6 Å². The molecule has 160 valence electrons. The summed E-state index contributed by atoms with van der Waals surface area (Å²) in [5.41, 5.74) is 0.161. The smallest absolute Gasteiger partial charge is 0.416 e. The first-order valence-corrected chi connectivity index (χ1v) is 9.63. The molecule has 7 heteroatoms. The van der Waals surface area contributed by atoms with Gasteiger partial charge in [0.25, 0.3) is 0 Å². The molecule has 0 aliphatic rings. The van der Waals surface area contributed by atoms with Crippen molar-refractivity contribution in [3.8, 4) is 0 Å². The van der Waals surface area contributed by atoms with Gasteiger partial charge in [0.15, 0.2) is 5.78 Å². The van der Waals surface area contributed by atoms with E-state index in [1.807, 2.05) is 0 Å². The molecule has 0 aromatic heterocycles. The van der Waals surface area contributed by atoms with E-state index in [1.54, 1.807) is 48.5 Å². The summed E-state index contributed by atoms with van der Waals surface area (Å²) >= 11 is 0. The van der Waals surface area contributed by atoms with Gasteiger partial charge >= 0.3 is 12.1 Å². The number of aromatic carboxylic acids is 1. The SMILES string of the molecule is O=C(CCCN(c1cccc(C(F)(F)F)c1)c1ccccc1C(=O)O)c1ccccc1. The lowest BCUT2D eigenvalue weighted by Gasteiger charge is -2.27. The van der Waals surface area contributed by atoms with Gasteiger partial charge in [-0.05, 0) is 36.8 Å². The van der Waals surface area contributed by atoms with Crippen molar-refractivity contribution in [2.75, 3.05) is 11.4 Å². The monoisotopic (exact) mass is 427 g/mol. The van der Waals surface area contributed by atoms with Gasteiger partial charge in [-0.15, -0.1) is 0 Å². The molecule has 0 spiro atoms. The fraction of sp³-hybridized carbons (Fsp3) is 0.167. The van der Waals surface area contributed by atoms with E-state index < -0.39 is 17.7 Å². The number of benzene rings is 3. The van der Waals surface area contributed by atoms with Gasteiger partial charge in [-0.3, -0.25) is 4.79 Å². The topological polar surface area (TPSA) is 57.6 Å². The lowest BCUT2D eigenvalue weighted by Crippen LogP contribution is -2.22. The van der Waals surface area contributed by atoms with Gasteiger partial charge in [0.2, 0.25) is 0 Å². The summed E-state index contributed by atoms with van der Waals surface area (Å²) in [6, 6.07) is 19.5. The van der Waals surface area contributed by atoms with Crippen molar-refractivity contribution in [3.63, 3.8) is 0 Å². The first-order valence-electron chi connectivity index (χ1n) is 9.63. The van der Waals surface area contributed by atoms with Gasteiger partial charge in [-0.1, -0.05) is 48.5 Å². The van der Waals surface area contributed by atoms with Gasteiger partial charge in [0.05, 0.1) is 16.8 Å². The van der Waals surface area contributed by atoms with E-state index in [1.165, 1.54) is 23.1 Å². The Labute approximate surface area is 177 Å². The Kier molecular flexibility index (Phi) is 6.74. The van der Waals surface area contributed by atoms with Crippen LogP contribution in [0.15, 0.2) is 78.9 Å². The summed E-state index contributed by atoms with van der Waals surface area (Å²) in [4.78, 5) is 25.6. The number of rotatable bonds is 8. The summed E-state index contributed by atoms with van der Waals surface area (Å²) in [6.45, 7) is 0.171. The number of hydrogen-bond donors (Lipinski definition) is 1. The molecule has 0 fully saturated rings. The highest BCUT2D eigenvalue weighted by Crippen LogP contribution is 2.35. The Hall–Kier alpha value is -3.61. The minimum Gasteiger partial charge on any atom is -0.478 e. The van der Waals surface area contributed by atoms with Crippen molar-refractivity contribution >= 4 is 23.1 Å². The fourth-order valence-electron chi connectivity index (χ4n) is 3.29. The molecule has 31 heavy (non-hydrogen) atoms. The zero-order valence-corrected chi connectivity index (χ0v) is 16.5. The van der Waals surface area contributed by atoms with Crippen molar-refractivity contribution in [2.45, 2.75) is 19.0 Å². The van der Waals surface area contributed by atoms with Crippen LogP contribution in [0.2, 0.25) is 0 Å². The Balaban J connectivity index is 1.91. The quantitative estimate of drug-likeness (QED) is 0.435. The largest absolute Gasteiger partial charge is 0.478 e. The molecular weight excluding hydrogens is 407 g/mol. The Bertz CT molecular complexity index is 1060. The molecule has 0 bridgehead atoms. The normalized spacial score (nSPS) is 11.2. The highest BCUT2D eigenvalue weighted by Gasteiger charge is 2.31. The second-order valence-electron chi connectivity index (χ2n) is 6.91. The van der Waals surface area contributed by atoms with Gasteiger partial charge in [0, 0.05) is 24.2 Å². The maximum absolute atomic E-state index is 13.2. The van der Waals surface area contributed by atoms with E-state index in [0.717, 1.165) is 12.1 Å². The zero-order chi connectivity index (χ0) is 22.4. The number of halogens is 3. The van der Waals surface area contributed by atoms with E-state index in [4.69, 9.17) is 0 Å². The second kappa shape index (κ2) is 9.47. The standard InChI is InChI=1S/C24H20F3NO3/c25-24(26,27)18-10-6-11-19(16-18)28(21-13-5-4-12-20(21)23(30)31)15-7-14-22(29)17-8-2-1-3-9-17/h1-6,8-13,16H,7,14-15H2,(H,30,31). The number of carboxylic acid groups (broad SMARTS) is 1. The first-order chi connectivity index (χ1) is 14.8. The molecular formula is C24H20F3NO3. The maximum Gasteiger partial charge on any atom is 0.416 e. The number of hydrogen-bond acceptors (Lipinski definition) is 3. The molecule has 3 aromatic carbocycles. The Morgan fingerprint density at radius 1 is 0.871 bits per heavy atom. The maximum atomic E-state index is 13.2. The van der Waals surface area contributed by atoms with Crippen LogP contribution in [0.1, 0.15) is 39.1 Å². The van der Waals surface area contributed by atoms with Crippen LogP contribution in [0.25, 0.3) is 0 Å². The average Bonchev–Trinajstić information content (AvgIpc) is 2.76. The van der Waals surface area contributed by atoms with Crippen LogP contribution in [0, 0.1) is 0 Å².